The molecule has 0 aliphatic heterocycles. The molecule has 0 saturated heterocycles. The summed E-state index contributed by atoms with van der Waals surface area (Å²) in [5.41, 5.74) is 2.00. The summed E-state index contributed by atoms with van der Waals surface area (Å²) in [5, 5.41) is 10.4. The minimum absolute atomic E-state index is 0.0260. The van der Waals surface area contributed by atoms with Gasteiger partial charge in [0.1, 0.15) is 11.3 Å². The van der Waals surface area contributed by atoms with Crippen molar-refractivity contribution in [3.8, 4) is 0 Å². The number of carboxylic acid groups (broad SMARTS) is 1. The fourth-order valence-electron chi connectivity index (χ4n) is 3.18. The molecule has 1 fully saturated rings. The molecule has 2 atom stereocenters. The molecule has 1 aliphatic carbocycles. The molecule has 3 rings (SSSR count). The second-order valence-corrected chi connectivity index (χ2v) is 5.48. The van der Waals surface area contributed by atoms with Crippen molar-refractivity contribution >= 4 is 16.9 Å². The number of furan rings is 1. The number of aliphatic carboxylic acids is 1. The Bertz CT molecular complexity index is 611. The number of benzene rings is 1. The zero-order valence-electron chi connectivity index (χ0n) is 11.1. The van der Waals surface area contributed by atoms with E-state index in [1.54, 1.807) is 0 Å². The van der Waals surface area contributed by atoms with E-state index in [0.29, 0.717) is 0 Å². The lowest BCUT2D eigenvalue weighted by Crippen LogP contribution is -2.25. The van der Waals surface area contributed by atoms with Gasteiger partial charge in [0, 0.05) is 11.3 Å². The van der Waals surface area contributed by atoms with Crippen LogP contribution < -0.4 is 0 Å². The molecule has 2 unspecified atom stereocenters. The molecule has 3 heteroatoms. The maximum absolute atomic E-state index is 11.4. The van der Waals surface area contributed by atoms with Gasteiger partial charge in [-0.15, -0.1) is 0 Å². The van der Waals surface area contributed by atoms with Crippen LogP contribution in [0.15, 0.2) is 28.7 Å². The first kappa shape index (κ1) is 12.3. The predicted molar refractivity (Wildman–Crippen MR) is 73.3 cm³/mol. The van der Waals surface area contributed by atoms with Gasteiger partial charge in [-0.05, 0) is 31.4 Å². The van der Waals surface area contributed by atoms with Gasteiger partial charge in [0.25, 0.3) is 0 Å². The zero-order valence-corrected chi connectivity index (χ0v) is 11.1. The Balaban J connectivity index is 2.02. The summed E-state index contributed by atoms with van der Waals surface area (Å²) in [4.78, 5) is 11.4. The van der Waals surface area contributed by atoms with Crippen molar-refractivity contribution in [2.75, 3.05) is 0 Å². The number of para-hydroxylation sites is 1. The largest absolute Gasteiger partial charge is 0.481 e. The maximum Gasteiger partial charge on any atom is 0.307 e. The van der Waals surface area contributed by atoms with Crippen molar-refractivity contribution in [3.05, 3.63) is 35.6 Å². The summed E-state index contributed by atoms with van der Waals surface area (Å²) in [6.45, 7) is 2.02. The number of carbonyl (C=O) groups is 1. The van der Waals surface area contributed by atoms with E-state index < -0.39 is 5.97 Å². The van der Waals surface area contributed by atoms with E-state index in [9.17, 15) is 9.90 Å². The molecule has 1 aromatic carbocycles. The lowest BCUT2D eigenvalue weighted by molar-refractivity contribution is -0.143. The highest BCUT2D eigenvalue weighted by atomic mass is 16.4. The van der Waals surface area contributed by atoms with E-state index in [0.717, 1.165) is 48.0 Å². The molecule has 19 heavy (non-hydrogen) atoms. The number of rotatable bonds is 2. The Labute approximate surface area is 112 Å². The van der Waals surface area contributed by atoms with Crippen LogP contribution in [0.2, 0.25) is 0 Å². The smallest absolute Gasteiger partial charge is 0.307 e. The Morgan fingerprint density at radius 1 is 1.32 bits per heavy atom. The third kappa shape index (κ3) is 2.14. The van der Waals surface area contributed by atoms with Crippen LogP contribution >= 0.6 is 0 Å². The topological polar surface area (TPSA) is 50.4 Å². The maximum atomic E-state index is 11.4. The Morgan fingerprint density at radius 3 is 2.84 bits per heavy atom. The Morgan fingerprint density at radius 2 is 2.11 bits per heavy atom. The van der Waals surface area contributed by atoms with Crippen molar-refractivity contribution in [2.24, 2.45) is 5.92 Å². The van der Waals surface area contributed by atoms with Crippen LogP contribution in [-0.4, -0.2) is 11.1 Å². The summed E-state index contributed by atoms with van der Waals surface area (Å²) < 4.78 is 5.96. The van der Waals surface area contributed by atoms with Gasteiger partial charge in [-0.1, -0.05) is 31.0 Å². The molecule has 1 heterocycles. The summed E-state index contributed by atoms with van der Waals surface area (Å²) >= 11 is 0. The lowest BCUT2D eigenvalue weighted by Gasteiger charge is -2.26. The second-order valence-electron chi connectivity index (χ2n) is 5.48. The molecule has 0 spiro atoms. The van der Waals surface area contributed by atoms with Gasteiger partial charge < -0.3 is 9.52 Å². The summed E-state index contributed by atoms with van der Waals surface area (Å²) in [7, 11) is 0. The number of aryl methyl sites for hydroxylation is 1. The number of carboxylic acids is 1. The standard InChI is InChI=1S/C16H18O3/c1-10-5-4-6-11-9-14(19-15(10)11)12-7-2-3-8-13(12)16(17)18/h4-6,9,12-13H,2-3,7-8H2,1H3,(H,17,18). The molecule has 1 saturated carbocycles. The fourth-order valence-corrected chi connectivity index (χ4v) is 3.18. The van der Waals surface area contributed by atoms with E-state index in [1.807, 2.05) is 31.2 Å². The van der Waals surface area contributed by atoms with Gasteiger partial charge in [0.05, 0.1) is 5.92 Å². The molecule has 1 aromatic heterocycles. The first-order chi connectivity index (χ1) is 9.16. The van der Waals surface area contributed by atoms with Crippen LogP contribution in [-0.2, 0) is 4.79 Å². The highest BCUT2D eigenvalue weighted by Crippen LogP contribution is 2.40. The second kappa shape index (κ2) is 4.72. The van der Waals surface area contributed by atoms with Crippen LogP contribution in [0.5, 0.6) is 0 Å². The molecule has 100 valence electrons. The third-order valence-corrected chi connectivity index (χ3v) is 4.21. The molecule has 2 aromatic rings. The average Bonchev–Trinajstić information content (AvgIpc) is 2.84. The van der Waals surface area contributed by atoms with Crippen molar-refractivity contribution in [3.63, 3.8) is 0 Å². The van der Waals surface area contributed by atoms with Crippen molar-refractivity contribution in [1.29, 1.82) is 0 Å². The van der Waals surface area contributed by atoms with Crippen molar-refractivity contribution in [1.82, 2.24) is 0 Å². The van der Waals surface area contributed by atoms with Gasteiger partial charge in [-0.2, -0.15) is 0 Å². The highest BCUT2D eigenvalue weighted by molar-refractivity contribution is 5.81. The van der Waals surface area contributed by atoms with Crippen LogP contribution in [0.25, 0.3) is 11.0 Å². The van der Waals surface area contributed by atoms with Gasteiger partial charge in [-0.3, -0.25) is 4.79 Å². The Hall–Kier alpha value is -1.77. The zero-order chi connectivity index (χ0) is 13.4. The Kier molecular flexibility index (Phi) is 3.05. The van der Waals surface area contributed by atoms with E-state index in [2.05, 4.69) is 0 Å². The molecule has 1 aliphatic rings. The van der Waals surface area contributed by atoms with Gasteiger partial charge >= 0.3 is 5.97 Å². The normalized spacial score (nSPS) is 23.6. The fraction of sp³-hybridized carbons (Fsp3) is 0.438. The van der Waals surface area contributed by atoms with E-state index >= 15 is 0 Å². The average molecular weight is 258 g/mol. The molecule has 0 radical (unpaired) electrons. The monoisotopic (exact) mass is 258 g/mol. The van der Waals surface area contributed by atoms with Crippen LogP contribution in [0.3, 0.4) is 0 Å². The molecule has 0 bridgehead atoms. The van der Waals surface area contributed by atoms with E-state index in [-0.39, 0.29) is 11.8 Å². The third-order valence-electron chi connectivity index (χ3n) is 4.21. The molecule has 1 N–H and O–H groups in total. The molecular weight excluding hydrogens is 240 g/mol. The SMILES string of the molecule is Cc1cccc2cc(C3CCCCC3C(=O)O)oc12. The minimum Gasteiger partial charge on any atom is -0.481 e. The highest BCUT2D eigenvalue weighted by Gasteiger charge is 2.34. The van der Waals surface area contributed by atoms with Crippen molar-refractivity contribution in [2.45, 2.75) is 38.5 Å². The number of hydrogen-bond acceptors (Lipinski definition) is 2. The predicted octanol–water partition coefficient (Wildman–Crippen LogP) is 4.10. The summed E-state index contributed by atoms with van der Waals surface area (Å²) in [5.74, 6) is -0.119. The lowest BCUT2D eigenvalue weighted by atomic mass is 9.78. The quantitative estimate of drug-likeness (QED) is 0.882. The summed E-state index contributed by atoms with van der Waals surface area (Å²) in [6, 6.07) is 8.07. The van der Waals surface area contributed by atoms with Crippen LogP contribution in [0.4, 0.5) is 0 Å². The number of hydrogen-bond donors (Lipinski definition) is 1. The number of fused-ring (bicyclic) bond motifs is 1. The molecular formula is C16H18O3. The van der Waals surface area contributed by atoms with E-state index in [1.165, 1.54) is 0 Å². The summed E-state index contributed by atoms with van der Waals surface area (Å²) in [6.07, 6.45) is 3.77. The van der Waals surface area contributed by atoms with Gasteiger partial charge in [-0.25, -0.2) is 0 Å². The van der Waals surface area contributed by atoms with Crippen LogP contribution in [0, 0.1) is 12.8 Å². The van der Waals surface area contributed by atoms with Gasteiger partial charge in [0.2, 0.25) is 0 Å². The van der Waals surface area contributed by atoms with Gasteiger partial charge in [0.15, 0.2) is 0 Å². The van der Waals surface area contributed by atoms with E-state index in [4.69, 9.17) is 4.42 Å². The van der Waals surface area contributed by atoms with Crippen molar-refractivity contribution < 1.29 is 14.3 Å². The first-order valence-electron chi connectivity index (χ1n) is 6.88. The van der Waals surface area contributed by atoms with Crippen LogP contribution in [0.1, 0.15) is 42.9 Å². The molecule has 3 nitrogen and oxygen atoms in total. The molecule has 0 amide bonds. The first-order valence-corrected chi connectivity index (χ1v) is 6.88. The minimum atomic E-state index is -0.693.